The molecule has 1 rings (SSSR count). The summed E-state index contributed by atoms with van der Waals surface area (Å²) in [6.45, 7) is 0.176. The van der Waals surface area contributed by atoms with Gasteiger partial charge in [0.05, 0.1) is 0 Å². The Morgan fingerprint density at radius 3 is 2.27 bits per heavy atom. The third kappa shape index (κ3) is 2.13. The molecule has 0 aromatic carbocycles. The van der Waals surface area contributed by atoms with Crippen LogP contribution in [0.2, 0.25) is 0 Å². The van der Waals surface area contributed by atoms with Crippen LogP contribution in [0.3, 0.4) is 0 Å². The zero-order chi connectivity index (χ0) is 8.32. The van der Waals surface area contributed by atoms with Crippen molar-refractivity contribution >= 4 is 25.8 Å². The van der Waals surface area contributed by atoms with E-state index in [2.05, 4.69) is 0 Å². The molecule has 3 radical (unpaired) electrons. The Morgan fingerprint density at radius 1 is 1.36 bits per heavy atom. The Labute approximate surface area is 82.4 Å². The zero-order valence-corrected chi connectivity index (χ0v) is 10.3. The number of hydrogen-bond donors (Lipinski definition) is 2. The van der Waals surface area contributed by atoms with Crippen LogP contribution in [0.25, 0.3) is 0 Å². The van der Waals surface area contributed by atoms with Gasteiger partial charge in [-0.1, -0.05) is 0 Å². The van der Waals surface area contributed by atoms with Crippen molar-refractivity contribution in [1.29, 1.82) is 0 Å². The van der Waals surface area contributed by atoms with Crippen molar-refractivity contribution in [2.24, 2.45) is 5.41 Å². The summed E-state index contributed by atoms with van der Waals surface area (Å²) in [5, 5.41) is 17.8. The van der Waals surface area contributed by atoms with Gasteiger partial charge in [0, 0.05) is 0 Å². The maximum absolute atomic E-state index is 8.92. The molecule has 4 heteroatoms. The Balaban J connectivity index is 2.24. The average Bonchev–Trinajstić information content (AvgIpc) is 1.96. The van der Waals surface area contributed by atoms with E-state index in [9.17, 15) is 0 Å². The van der Waals surface area contributed by atoms with Gasteiger partial charge in [0.15, 0.2) is 0 Å². The number of aliphatic hydroxyl groups is 2. The Morgan fingerprint density at radius 2 is 1.91 bits per heavy atom. The fourth-order valence-corrected chi connectivity index (χ4v) is 2.37. The molecule has 1 fully saturated rings. The average molecular weight is 352 g/mol. The topological polar surface area (TPSA) is 49.7 Å². The first-order valence-electron chi connectivity index (χ1n) is 3.74. The van der Waals surface area contributed by atoms with Crippen LogP contribution in [0.4, 0.5) is 0 Å². The summed E-state index contributed by atoms with van der Waals surface area (Å²) in [7, 11) is 0. The molecule has 0 atom stereocenters. The van der Waals surface area contributed by atoms with Crippen LogP contribution >= 0.6 is 0 Å². The molecule has 0 bridgehead atoms. The van der Waals surface area contributed by atoms with Crippen molar-refractivity contribution in [3.63, 3.8) is 0 Å². The van der Waals surface area contributed by atoms with E-state index >= 15 is 0 Å². The molecule has 0 saturated heterocycles. The van der Waals surface area contributed by atoms with E-state index in [-0.39, 0.29) is 18.6 Å². The van der Waals surface area contributed by atoms with Crippen molar-refractivity contribution in [1.82, 2.24) is 0 Å². The van der Waals surface area contributed by atoms with E-state index in [0.29, 0.717) is 6.10 Å². The number of ether oxygens (including phenoxy) is 1. The van der Waals surface area contributed by atoms with Crippen LogP contribution in [0, 0.1) is 5.41 Å². The predicted octanol–water partition coefficient (Wildman–Crippen LogP) is -0.738. The van der Waals surface area contributed by atoms with Gasteiger partial charge in [-0.3, -0.25) is 0 Å². The molecular weight excluding hydrogens is 339 g/mol. The van der Waals surface area contributed by atoms with Crippen LogP contribution in [0.1, 0.15) is 12.8 Å². The van der Waals surface area contributed by atoms with E-state index in [0.717, 1.165) is 42.8 Å². The molecule has 0 aromatic heterocycles. The molecule has 0 amide bonds. The van der Waals surface area contributed by atoms with Crippen molar-refractivity contribution in [2.75, 3.05) is 17.4 Å². The maximum atomic E-state index is 8.92. The summed E-state index contributed by atoms with van der Waals surface area (Å²) in [5.41, 5.74) is -0.221. The van der Waals surface area contributed by atoms with Crippen molar-refractivity contribution < 1.29 is 14.9 Å². The normalized spacial score (nSPS) is 23.2. The molecule has 11 heavy (non-hydrogen) atoms. The third-order valence-corrected chi connectivity index (χ3v) is 2.96. The van der Waals surface area contributed by atoms with Crippen molar-refractivity contribution in [3.8, 4) is 0 Å². The van der Waals surface area contributed by atoms with Gasteiger partial charge < -0.3 is 0 Å². The minimum atomic E-state index is -0.221. The molecule has 0 aromatic rings. The van der Waals surface area contributed by atoms with Crippen LogP contribution in [0.15, 0.2) is 0 Å². The molecular formula is C7H13O3Pb. The quantitative estimate of drug-likeness (QED) is 0.656. The van der Waals surface area contributed by atoms with Gasteiger partial charge in [0.1, 0.15) is 0 Å². The van der Waals surface area contributed by atoms with Gasteiger partial charge in [0.2, 0.25) is 0 Å². The second kappa shape index (κ2) is 4.16. The van der Waals surface area contributed by atoms with Crippen LogP contribution in [-0.4, -0.2) is 59.5 Å². The molecule has 0 heterocycles. The first kappa shape index (κ1) is 9.89. The second-order valence-corrected chi connectivity index (χ2v) is 4.28. The Bertz CT molecular complexity index is 117. The molecule has 0 unspecified atom stereocenters. The van der Waals surface area contributed by atoms with E-state index in [1.165, 1.54) is 0 Å². The summed E-state index contributed by atoms with van der Waals surface area (Å²) in [6, 6.07) is 0. The van der Waals surface area contributed by atoms with Crippen molar-refractivity contribution in [2.45, 2.75) is 18.9 Å². The standard InChI is InChI=1S/C7H13O3.Pb/c1-10-6-2-7(3-6,4-8)5-9;/h6,8-9H,1-5H2;. The fraction of sp³-hybridized carbons (Fsp3) is 1.00. The molecule has 2 N–H and O–H groups in total. The number of hydrogen-bond acceptors (Lipinski definition) is 3. The fourth-order valence-electron chi connectivity index (χ4n) is 1.45. The Kier molecular flexibility index (Phi) is 3.74. The van der Waals surface area contributed by atoms with Crippen LogP contribution in [0.5, 0.6) is 0 Å². The summed E-state index contributed by atoms with van der Waals surface area (Å²) in [4.78, 5) is 0. The minimum absolute atomic E-state index is 0.0878. The van der Waals surface area contributed by atoms with Gasteiger partial charge in [-0.05, 0) is 0 Å². The predicted molar refractivity (Wildman–Crippen MR) is 41.3 cm³/mol. The number of rotatable bonds is 4. The van der Waals surface area contributed by atoms with Crippen LogP contribution < -0.4 is 0 Å². The molecule has 1 aliphatic carbocycles. The molecule has 0 aliphatic heterocycles. The van der Waals surface area contributed by atoms with E-state index in [1.54, 1.807) is 0 Å². The summed E-state index contributed by atoms with van der Waals surface area (Å²) in [6.07, 6.45) is 1.94. The van der Waals surface area contributed by atoms with Gasteiger partial charge >= 0.3 is 82.5 Å². The first-order chi connectivity index (χ1) is 5.26. The van der Waals surface area contributed by atoms with E-state index in [1.807, 2.05) is 0 Å². The van der Waals surface area contributed by atoms with Crippen molar-refractivity contribution in [3.05, 3.63) is 0 Å². The molecule has 0 spiro atoms. The zero-order valence-electron chi connectivity index (χ0n) is 6.42. The van der Waals surface area contributed by atoms with Gasteiger partial charge in [0.25, 0.3) is 0 Å². The van der Waals surface area contributed by atoms with Gasteiger partial charge in [-0.25, -0.2) is 0 Å². The first-order valence-corrected chi connectivity index (χ1v) is 6.49. The van der Waals surface area contributed by atoms with E-state index < -0.39 is 0 Å². The SMILES string of the molecule is OCC1(CO)CC(O[CH2][Pb])C1. The van der Waals surface area contributed by atoms with Crippen LogP contribution in [-0.2, 0) is 4.74 Å². The third-order valence-electron chi connectivity index (χ3n) is 2.31. The molecule has 1 aliphatic rings. The monoisotopic (exact) mass is 353 g/mol. The van der Waals surface area contributed by atoms with Gasteiger partial charge in [-0.15, -0.1) is 0 Å². The molecule has 1 saturated carbocycles. The summed E-state index contributed by atoms with van der Waals surface area (Å²) < 4.78 is 6.23. The van der Waals surface area contributed by atoms with E-state index in [4.69, 9.17) is 14.9 Å². The Hall–Kier alpha value is 0.802. The van der Waals surface area contributed by atoms with Gasteiger partial charge in [-0.2, -0.15) is 0 Å². The molecule has 63 valence electrons. The molecule has 3 nitrogen and oxygen atoms in total. The number of aliphatic hydroxyl groups excluding tert-OH is 2. The second-order valence-electron chi connectivity index (χ2n) is 3.16. The summed E-state index contributed by atoms with van der Waals surface area (Å²) >= 11 is 1.07. The summed E-state index contributed by atoms with van der Waals surface area (Å²) in [5.74, 6) is 0.